The van der Waals surface area contributed by atoms with Crippen LogP contribution < -0.4 is 14.8 Å². The van der Waals surface area contributed by atoms with E-state index in [-0.39, 0.29) is 18.0 Å². The van der Waals surface area contributed by atoms with Crippen molar-refractivity contribution in [3.05, 3.63) is 58.4 Å². The Labute approximate surface area is 160 Å². The smallest absolute Gasteiger partial charge is 0.161 e. The van der Waals surface area contributed by atoms with Crippen molar-refractivity contribution in [3.63, 3.8) is 0 Å². The van der Waals surface area contributed by atoms with Crippen LogP contribution in [0.4, 0.5) is 4.39 Å². The van der Waals surface area contributed by atoms with E-state index in [0.717, 1.165) is 24.1 Å². The maximum absolute atomic E-state index is 13.2. The predicted octanol–water partition coefficient (Wildman–Crippen LogP) is 5.74. The molecule has 0 heterocycles. The van der Waals surface area contributed by atoms with Crippen LogP contribution in [0.1, 0.15) is 45.2 Å². The Morgan fingerprint density at radius 1 is 1.04 bits per heavy atom. The molecule has 2 aromatic carbocycles. The highest BCUT2D eigenvalue weighted by atomic mass is 35.5. The van der Waals surface area contributed by atoms with Gasteiger partial charge in [0.05, 0.1) is 11.6 Å². The quantitative estimate of drug-likeness (QED) is 0.603. The molecule has 142 valence electrons. The Morgan fingerprint density at radius 3 is 2.46 bits per heavy atom. The largest absolute Gasteiger partial charge is 0.490 e. The van der Waals surface area contributed by atoms with Crippen LogP contribution in [0.15, 0.2) is 36.4 Å². The van der Waals surface area contributed by atoms with E-state index in [9.17, 15) is 4.39 Å². The van der Waals surface area contributed by atoms with Crippen LogP contribution in [0.5, 0.6) is 11.5 Å². The summed E-state index contributed by atoms with van der Waals surface area (Å²) in [5.41, 5.74) is 1.94. The molecule has 3 nitrogen and oxygen atoms in total. The molecular formula is C21H27ClFNO2. The summed E-state index contributed by atoms with van der Waals surface area (Å²) >= 11 is 6.06. The van der Waals surface area contributed by atoms with Gasteiger partial charge in [0.2, 0.25) is 0 Å². The summed E-state index contributed by atoms with van der Waals surface area (Å²) in [6.45, 7) is 10.0. The van der Waals surface area contributed by atoms with E-state index in [4.69, 9.17) is 21.1 Å². The van der Waals surface area contributed by atoms with Crippen molar-refractivity contribution in [3.8, 4) is 11.5 Å². The summed E-state index contributed by atoms with van der Waals surface area (Å²) in [7, 11) is 0. The zero-order valence-electron chi connectivity index (χ0n) is 15.9. The molecule has 26 heavy (non-hydrogen) atoms. The molecule has 5 heteroatoms. The number of halogens is 2. The van der Waals surface area contributed by atoms with Gasteiger partial charge in [-0.05, 0) is 57.0 Å². The molecule has 0 saturated heterocycles. The van der Waals surface area contributed by atoms with Crippen LogP contribution in [0, 0.1) is 5.82 Å². The number of nitrogens with one attached hydrogen (secondary N) is 1. The van der Waals surface area contributed by atoms with Gasteiger partial charge in [0, 0.05) is 17.6 Å². The minimum Gasteiger partial charge on any atom is -0.490 e. The monoisotopic (exact) mass is 379 g/mol. The van der Waals surface area contributed by atoms with Crippen LogP contribution >= 0.6 is 11.6 Å². The molecule has 0 atom stereocenters. The number of hydrogen-bond donors (Lipinski definition) is 1. The van der Waals surface area contributed by atoms with E-state index in [0.29, 0.717) is 23.1 Å². The lowest BCUT2D eigenvalue weighted by Crippen LogP contribution is -2.37. The summed E-state index contributed by atoms with van der Waals surface area (Å²) in [6.07, 6.45) is 1.05. The summed E-state index contributed by atoms with van der Waals surface area (Å²) in [4.78, 5) is 0. The van der Waals surface area contributed by atoms with Gasteiger partial charge in [-0.2, -0.15) is 0 Å². The molecule has 0 saturated carbocycles. The van der Waals surface area contributed by atoms with E-state index >= 15 is 0 Å². The molecule has 1 N–H and O–H groups in total. The van der Waals surface area contributed by atoms with Crippen LogP contribution in [-0.4, -0.2) is 12.1 Å². The number of hydrogen-bond acceptors (Lipinski definition) is 3. The van der Waals surface area contributed by atoms with Crippen molar-refractivity contribution < 1.29 is 13.9 Å². The summed E-state index contributed by atoms with van der Waals surface area (Å²) in [6, 6.07) is 10.2. The Balaban J connectivity index is 2.10. The molecular weight excluding hydrogens is 353 g/mol. The fraction of sp³-hybridized carbons (Fsp3) is 0.429. The second-order valence-electron chi connectivity index (χ2n) is 6.83. The van der Waals surface area contributed by atoms with Gasteiger partial charge in [0.15, 0.2) is 11.5 Å². The van der Waals surface area contributed by atoms with E-state index in [1.807, 2.05) is 25.1 Å². The first-order valence-corrected chi connectivity index (χ1v) is 9.30. The SMILES string of the molecule is CCOc1cc(CNC(C)(C)CC)ccc1OCc1ccc(F)cc1Cl. The molecule has 0 aliphatic heterocycles. The van der Waals surface area contributed by atoms with E-state index in [1.165, 1.54) is 12.1 Å². The third kappa shape index (κ3) is 5.89. The zero-order chi connectivity index (χ0) is 19.2. The molecule has 0 aliphatic carbocycles. The van der Waals surface area contributed by atoms with Crippen molar-refractivity contribution in [1.82, 2.24) is 5.32 Å². The Kier molecular flexibility index (Phi) is 7.30. The van der Waals surface area contributed by atoms with Crippen LogP contribution in [0.25, 0.3) is 0 Å². The molecule has 2 rings (SSSR count). The average molecular weight is 380 g/mol. The molecule has 0 amide bonds. The van der Waals surface area contributed by atoms with Crippen LogP contribution in [0.2, 0.25) is 5.02 Å². The predicted molar refractivity (Wildman–Crippen MR) is 105 cm³/mol. The fourth-order valence-electron chi connectivity index (χ4n) is 2.31. The third-order valence-electron chi connectivity index (χ3n) is 4.36. The van der Waals surface area contributed by atoms with Crippen molar-refractivity contribution in [1.29, 1.82) is 0 Å². The highest BCUT2D eigenvalue weighted by molar-refractivity contribution is 6.31. The van der Waals surface area contributed by atoms with Gasteiger partial charge in [0.1, 0.15) is 12.4 Å². The van der Waals surface area contributed by atoms with E-state index in [2.05, 4.69) is 26.1 Å². The molecule has 0 fully saturated rings. The first-order chi connectivity index (χ1) is 12.3. The maximum Gasteiger partial charge on any atom is 0.161 e. The average Bonchev–Trinajstić information content (AvgIpc) is 2.61. The van der Waals surface area contributed by atoms with Crippen LogP contribution in [-0.2, 0) is 13.2 Å². The van der Waals surface area contributed by atoms with Crippen molar-refractivity contribution in [2.45, 2.75) is 52.8 Å². The Hall–Kier alpha value is -1.78. The topological polar surface area (TPSA) is 30.5 Å². The lowest BCUT2D eigenvalue weighted by atomic mass is 10.0. The molecule has 0 spiro atoms. The normalized spacial score (nSPS) is 11.5. The van der Waals surface area contributed by atoms with Gasteiger partial charge in [-0.15, -0.1) is 0 Å². The van der Waals surface area contributed by atoms with Crippen LogP contribution in [0.3, 0.4) is 0 Å². The zero-order valence-corrected chi connectivity index (χ0v) is 16.6. The molecule has 0 bridgehead atoms. The Morgan fingerprint density at radius 2 is 1.81 bits per heavy atom. The van der Waals surface area contributed by atoms with Crippen molar-refractivity contribution >= 4 is 11.6 Å². The minimum absolute atomic E-state index is 0.0836. The fourth-order valence-corrected chi connectivity index (χ4v) is 2.53. The van der Waals surface area contributed by atoms with Gasteiger partial charge in [0.25, 0.3) is 0 Å². The van der Waals surface area contributed by atoms with Gasteiger partial charge in [-0.1, -0.05) is 30.7 Å². The van der Waals surface area contributed by atoms with Gasteiger partial charge >= 0.3 is 0 Å². The molecule has 0 aliphatic rings. The first-order valence-electron chi connectivity index (χ1n) is 8.92. The number of benzene rings is 2. The van der Waals surface area contributed by atoms with E-state index in [1.54, 1.807) is 6.07 Å². The molecule has 0 radical (unpaired) electrons. The van der Waals surface area contributed by atoms with Gasteiger partial charge in [-0.3, -0.25) is 0 Å². The summed E-state index contributed by atoms with van der Waals surface area (Å²) in [5.74, 6) is 0.977. The first kappa shape index (κ1) is 20.5. The highest BCUT2D eigenvalue weighted by Crippen LogP contribution is 2.30. The van der Waals surface area contributed by atoms with Gasteiger partial charge in [-0.25, -0.2) is 4.39 Å². The van der Waals surface area contributed by atoms with Gasteiger partial charge < -0.3 is 14.8 Å². The second-order valence-corrected chi connectivity index (χ2v) is 7.24. The third-order valence-corrected chi connectivity index (χ3v) is 4.71. The Bertz CT molecular complexity index is 734. The molecule has 0 aromatic heterocycles. The van der Waals surface area contributed by atoms with Crippen molar-refractivity contribution in [2.24, 2.45) is 0 Å². The summed E-state index contributed by atoms with van der Waals surface area (Å²) in [5, 5.41) is 3.89. The van der Waals surface area contributed by atoms with Crippen molar-refractivity contribution in [2.75, 3.05) is 6.61 Å². The molecule has 2 aromatic rings. The highest BCUT2D eigenvalue weighted by Gasteiger charge is 2.14. The lowest BCUT2D eigenvalue weighted by Gasteiger charge is -2.25. The summed E-state index contributed by atoms with van der Waals surface area (Å²) < 4.78 is 24.7. The second kappa shape index (κ2) is 9.24. The number of ether oxygens (including phenoxy) is 2. The number of rotatable bonds is 9. The standard InChI is InChI=1S/C21H27ClFNO2/c1-5-21(3,4)24-13-15-7-10-19(20(11-15)25-6-2)26-14-16-8-9-17(23)12-18(16)22/h7-12,24H,5-6,13-14H2,1-4H3. The maximum atomic E-state index is 13.2. The lowest BCUT2D eigenvalue weighted by molar-refractivity contribution is 0.269. The molecule has 0 unspecified atom stereocenters. The van der Waals surface area contributed by atoms with E-state index < -0.39 is 0 Å². The minimum atomic E-state index is -0.361.